The van der Waals surface area contributed by atoms with Crippen LogP contribution in [0.2, 0.25) is 0 Å². The first-order chi connectivity index (χ1) is 9.44. The summed E-state index contributed by atoms with van der Waals surface area (Å²) in [5.41, 5.74) is 0. The molecule has 2 rings (SSSR count). The normalized spacial score (nSPS) is 29.4. The average Bonchev–Trinajstić information content (AvgIpc) is 2.36. The Hall–Kier alpha value is -0.710. The Morgan fingerprint density at radius 2 is 2.05 bits per heavy atom. The van der Waals surface area contributed by atoms with Crippen LogP contribution in [0.1, 0.15) is 46.5 Å². The van der Waals surface area contributed by atoms with E-state index in [9.17, 15) is 9.59 Å². The maximum Gasteiger partial charge on any atom is 0.246 e. The van der Waals surface area contributed by atoms with Crippen LogP contribution in [-0.2, 0) is 9.59 Å². The van der Waals surface area contributed by atoms with Gasteiger partial charge in [-0.25, -0.2) is 0 Å². The number of hydrogen-bond donors (Lipinski definition) is 1. The summed E-state index contributed by atoms with van der Waals surface area (Å²) in [6.45, 7) is 6.68. The predicted octanol–water partition coefficient (Wildman–Crippen LogP) is 2.03. The molecule has 2 fully saturated rings. The smallest absolute Gasteiger partial charge is 0.246 e. The molecule has 0 spiro atoms. The maximum atomic E-state index is 12.7. The van der Waals surface area contributed by atoms with E-state index in [1.807, 2.05) is 37.4 Å². The third kappa shape index (κ3) is 2.69. The zero-order chi connectivity index (χ0) is 14.9. The molecule has 0 aromatic carbocycles. The van der Waals surface area contributed by atoms with Crippen molar-refractivity contribution in [2.45, 2.75) is 63.3 Å². The molecule has 0 radical (unpaired) electrons. The lowest BCUT2D eigenvalue weighted by atomic mass is 9.82. The first kappa shape index (κ1) is 15.7. The average molecular weight is 298 g/mol. The van der Waals surface area contributed by atoms with Gasteiger partial charge in [-0.05, 0) is 31.4 Å². The van der Waals surface area contributed by atoms with Crippen LogP contribution in [0.3, 0.4) is 0 Å². The van der Waals surface area contributed by atoms with Crippen LogP contribution in [0.25, 0.3) is 0 Å². The van der Waals surface area contributed by atoms with E-state index in [0.29, 0.717) is 6.42 Å². The van der Waals surface area contributed by atoms with Crippen molar-refractivity contribution in [2.24, 2.45) is 5.92 Å². The number of hydrogen-bond acceptors (Lipinski definition) is 3. The van der Waals surface area contributed by atoms with Crippen LogP contribution >= 0.6 is 11.8 Å². The van der Waals surface area contributed by atoms with Crippen molar-refractivity contribution in [3.8, 4) is 0 Å². The summed E-state index contributed by atoms with van der Waals surface area (Å²) in [6.07, 6.45) is 6.35. The lowest BCUT2D eigenvalue weighted by molar-refractivity contribution is -0.151. The van der Waals surface area contributed by atoms with E-state index in [4.69, 9.17) is 0 Å². The van der Waals surface area contributed by atoms with Crippen molar-refractivity contribution in [1.29, 1.82) is 0 Å². The predicted molar refractivity (Wildman–Crippen MR) is 82.7 cm³/mol. The van der Waals surface area contributed by atoms with E-state index in [1.54, 1.807) is 0 Å². The fourth-order valence-corrected chi connectivity index (χ4v) is 4.10. The molecule has 1 heterocycles. The summed E-state index contributed by atoms with van der Waals surface area (Å²) >= 11 is 1.85. The van der Waals surface area contributed by atoms with Crippen molar-refractivity contribution in [1.82, 2.24) is 10.2 Å². The fourth-order valence-electron chi connectivity index (χ4n) is 3.14. The van der Waals surface area contributed by atoms with Crippen molar-refractivity contribution < 1.29 is 9.59 Å². The van der Waals surface area contributed by atoms with Gasteiger partial charge in [0.15, 0.2) is 0 Å². The van der Waals surface area contributed by atoms with E-state index in [2.05, 4.69) is 11.6 Å². The van der Waals surface area contributed by atoms with Crippen LogP contribution < -0.4 is 5.32 Å². The summed E-state index contributed by atoms with van der Waals surface area (Å²) in [5.74, 6) is 0.256. The molecule has 1 aliphatic heterocycles. The molecule has 1 saturated carbocycles. The molecule has 0 bridgehead atoms. The van der Waals surface area contributed by atoms with Gasteiger partial charge in [0.1, 0.15) is 12.1 Å². The van der Waals surface area contributed by atoms with Crippen LogP contribution in [0, 0.1) is 5.92 Å². The summed E-state index contributed by atoms with van der Waals surface area (Å²) in [5, 5.41) is 2.90. The molecule has 20 heavy (non-hydrogen) atoms. The van der Waals surface area contributed by atoms with Crippen LogP contribution in [-0.4, -0.2) is 46.3 Å². The van der Waals surface area contributed by atoms with Crippen LogP contribution in [0.5, 0.6) is 0 Å². The van der Waals surface area contributed by atoms with Gasteiger partial charge in [0.25, 0.3) is 0 Å². The standard InChI is InChI=1S/C15H26N2O2S/c1-5-11-13(18)16-12(10(2)3)14(19)17(11)9-15(20-4)7-6-8-15/h10-12H,5-9H2,1-4H3,(H,16,18). The number of thioether (sulfide) groups is 1. The zero-order valence-electron chi connectivity index (χ0n) is 12.9. The third-order valence-electron chi connectivity index (χ3n) is 4.74. The summed E-state index contributed by atoms with van der Waals surface area (Å²) < 4.78 is 0.183. The number of piperazine rings is 1. The molecule has 2 atom stereocenters. The van der Waals surface area contributed by atoms with Crippen molar-refractivity contribution in [3.63, 3.8) is 0 Å². The molecular formula is C15H26N2O2S. The zero-order valence-corrected chi connectivity index (χ0v) is 13.8. The highest BCUT2D eigenvalue weighted by molar-refractivity contribution is 8.00. The Morgan fingerprint density at radius 3 is 2.45 bits per heavy atom. The van der Waals surface area contributed by atoms with Gasteiger partial charge in [0.05, 0.1) is 0 Å². The Kier molecular flexibility index (Phi) is 4.67. The molecule has 0 aromatic rings. The van der Waals surface area contributed by atoms with Gasteiger partial charge >= 0.3 is 0 Å². The molecule has 1 aliphatic carbocycles. The highest BCUT2D eigenvalue weighted by Gasteiger charge is 2.46. The van der Waals surface area contributed by atoms with Crippen molar-refractivity contribution in [2.75, 3.05) is 12.8 Å². The highest BCUT2D eigenvalue weighted by Crippen LogP contribution is 2.44. The number of carbonyl (C=O) groups is 2. The number of rotatable bonds is 5. The number of nitrogens with one attached hydrogen (secondary N) is 1. The largest absolute Gasteiger partial charge is 0.342 e. The van der Waals surface area contributed by atoms with Gasteiger partial charge in [-0.2, -0.15) is 11.8 Å². The van der Waals surface area contributed by atoms with Gasteiger partial charge in [-0.3, -0.25) is 9.59 Å². The van der Waals surface area contributed by atoms with Gasteiger partial charge in [-0.15, -0.1) is 0 Å². The second-order valence-corrected chi connectivity index (χ2v) is 7.64. The van der Waals surface area contributed by atoms with Gasteiger partial charge in [-0.1, -0.05) is 27.2 Å². The van der Waals surface area contributed by atoms with Crippen LogP contribution in [0.15, 0.2) is 0 Å². The molecule has 1 N–H and O–H groups in total. The minimum atomic E-state index is -0.357. The minimum Gasteiger partial charge on any atom is -0.342 e. The van der Waals surface area contributed by atoms with Crippen molar-refractivity contribution in [3.05, 3.63) is 0 Å². The van der Waals surface area contributed by atoms with E-state index >= 15 is 0 Å². The van der Waals surface area contributed by atoms with E-state index < -0.39 is 0 Å². The second kappa shape index (κ2) is 5.96. The van der Waals surface area contributed by atoms with Gasteiger partial charge < -0.3 is 10.2 Å². The first-order valence-electron chi connectivity index (χ1n) is 7.60. The lowest BCUT2D eigenvalue weighted by Crippen LogP contribution is -2.66. The Labute approximate surface area is 126 Å². The monoisotopic (exact) mass is 298 g/mol. The van der Waals surface area contributed by atoms with E-state index in [1.165, 1.54) is 6.42 Å². The molecule has 2 unspecified atom stereocenters. The Morgan fingerprint density at radius 1 is 1.40 bits per heavy atom. The third-order valence-corrected chi connectivity index (χ3v) is 6.14. The topological polar surface area (TPSA) is 49.4 Å². The molecule has 2 aliphatic rings. The molecule has 0 aromatic heterocycles. The van der Waals surface area contributed by atoms with E-state index in [-0.39, 0.29) is 34.6 Å². The van der Waals surface area contributed by atoms with Gasteiger partial charge in [0.2, 0.25) is 11.8 Å². The fraction of sp³-hybridized carbons (Fsp3) is 0.867. The molecule has 2 amide bonds. The number of carbonyl (C=O) groups excluding carboxylic acids is 2. The second-order valence-electron chi connectivity index (χ2n) is 6.36. The summed E-state index contributed by atoms with van der Waals surface area (Å²) in [7, 11) is 0. The highest BCUT2D eigenvalue weighted by atomic mass is 32.2. The Balaban J connectivity index is 2.20. The van der Waals surface area contributed by atoms with Crippen LogP contribution in [0.4, 0.5) is 0 Å². The molecule has 4 nitrogen and oxygen atoms in total. The Bertz CT molecular complexity index is 388. The quantitative estimate of drug-likeness (QED) is 0.845. The molecule has 1 saturated heterocycles. The summed E-state index contributed by atoms with van der Waals surface area (Å²) in [6, 6.07) is -0.647. The molecular weight excluding hydrogens is 272 g/mol. The lowest BCUT2D eigenvalue weighted by Gasteiger charge is -2.48. The first-order valence-corrected chi connectivity index (χ1v) is 8.82. The minimum absolute atomic E-state index is 0.0152. The molecule has 5 heteroatoms. The van der Waals surface area contributed by atoms with E-state index in [0.717, 1.165) is 19.4 Å². The van der Waals surface area contributed by atoms with Crippen molar-refractivity contribution >= 4 is 23.6 Å². The maximum absolute atomic E-state index is 12.7. The van der Waals surface area contributed by atoms with Gasteiger partial charge in [0, 0.05) is 11.3 Å². The summed E-state index contributed by atoms with van der Waals surface area (Å²) in [4.78, 5) is 26.8. The number of nitrogens with zero attached hydrogens (tertiary/aromatic N) is 1. The SMILES string of the molecule is CCC1C(=O)NC(C(C)C)C(=O)N1CC1(SC)CCC1. The molecule has 114 valence electrons. The number of amides is 2.